The molecule has 1 heterocycles. The molecule has 3 aliphatic rings. The van der Waals surface area contributed by atoms with E-state index >= 15 is 0 Å². The average Bonchev–Trinajstić information content (AvgIpc) is 3.14. The van der Waals surface area contributed by atoms with E-state index in [2.05, 4.69) is 28.4 Å². The number of hydrogen-bond donors (Lipinski definition) is 1. The molecule has 1 aromatic rings. The molecule has 1 saturated carbocycles. The summed E-state index contributed by atoms with van der Waals surface area (Å²) in [6.45, 7) is 3.75. The Kier molecular flexibility index (Phi) is 4.15. The summed E-state index contributed by atoms with van der Waals surface area (Å²) in [7, 11) is 0. The van der Waals surface area contributed by atoms with Gasteiger partial charge < -0.3 is 10.2 Å². The maximum absolute atomic E-state index is 6.24. The van der Waals surface area contributed by atoms with Crippen molar-refractivity contribution in [2.45, 2.75) is 31.7 Å². The fraction of sp³-hybridized carbons (Fsp3) is 0.579. The Morgan fingerprint density at radius 1 is 1.09 bits per heavy atom. The molecule has 1 N–H and O–H groups in total. The van der Waals surface area contributed by atoms with Crippen molar-refractivity contribution in [3.8, 4) is 0 Å². The van der Waals surface area contributed by atoms with Crippen LogP contribution in [0.2, 0.25) is 5.02 Å². The van der Waals surface area contributed by atoms with Gasteiger partial charge in [-0.25, -0.2) is 0 Å². The summed E-state index contributed by atoms with van der Waals surface area (Å²) in [5.74, 6) is 2.70. The molecule has 1 saturated heterocycles. The fourth-order valence-corrected chi connectivity index (χ4v) is 4.68. The van der Waals surface area contributed by atoms with Crippen LogP contribution in [0.1, 0.15) is 25.7 Å². The van der Waals surface area contributed by atoms with Crippen molar-refractivity contribution in [1.82, 2.24) is 4.90 Å². The van der Waals surface area contributed by atoms with Crippen LogP contribution in [0.15, 0.2) is 36.4 Å². The lowest BCUT2D eigenvalue weighted by Gasteiger charge is -2.35. The van der Waals surface area contributed by atoms with Crippen LogP contribution in [0.25, 0.3) is 0 Å². The molecule has 2 aliphatic carbocycles. The monoisotopic (exact) mass is 316 g/mol. The second-order valence-corrected chi connectivity index (χ2v) is 7.65. The van der Waals surface area contributed by atoms with Gasteiger partial charge in [-0.2, -0.15) is 0 Å². The highest BCUT2D eigenvalue weighted by molar-refractivity contribution is 6.33. The Morgan fingerprint density at radius 2 is 1.91 bits per heavy atom. The van der Waals surface area contributed by atoms with E-state index in [1.54, 1.807) is 0 Å². The smallest absolute Gasteiger partial charge is 0.0637 e. The average molecular weight is 317 g/mol. The van der Waals surface area contributed by atoms with Crippen molar-refractivity contribution >= 4 is 17.3 Å². The molecule has 4 rings (SSSR count). The number of nitrogens with zero attached hydrogens (tertiary/aromatic N) is 1. The summed E-state index contributed by atoms with van der Waals surface area (Å²) < 4.78 is 0. The highest BCUT2D eigenvalue weighted by Crippen LogP contribution is 2.43. The predicted molar refractivity (Wildman–Crippen MR) is 93.4 cm³/mol. The van der Waals surface area contributed by atoms with Gasteiger partial charge in [0.15, 0.2) is 0 Å². The molecular weight excluding hydrogens is 292 g/mol. The number of halogens is 1. The van der Waals surface area contributed by atoms with E-state index in [-0.39, 0.29) is 0 Å². The quantitative estimate of drug-likeness (QED) is 0.827. The topological polar surface area (TPSA) is 15.3 Å². The van der Waals surface area contributed by atoms with E-state index < -0.39 is 0 Å². The zero-order valence-electron chi connectivity index (χ0n) is 13.0. The Balaban J connectivity index is 1.26. The van der Waals surface area contributed by atoms with Crippen molar-refractivity contribution in [1.29, 1.82) is 0 Å². The molecule has 0 amide bonds. The molecule has 3 atom stereocenters. The lowest BCUT2D eigenvalue weighted by atomic mass is 9.92. The molecule has 0 aromatic heterocycles. The summed E-state index contributed by atoms with van der Waals surface area (Å²) in [5.41, 5.74) is 1.08. The Hall–Kier alpha value is -0.990. The highest BCUT2D eigenvalue weighted by Gasteiger charge is 2.36. The van der Waals surface area contributed by atoms with Gasteiger partial charge in [0.05, 0.1) is 10.7 Å². The standard InChI is InChI=1S/C19H25ClN2/c20-18-3-1-2-4-19(18)21-17-7-9-22(10-8-17)13-16-12-14-5-6-15(16)11-14/h1-6,14-17,21H,7-13H2/t14-,15+,16-/m1/s1. The minimum Gasteiger partial charge on any atom is -0.381 e. The van der Waals surface area contributed by atoms with Crippen LogP contribution < -0.4 is 5.32 Å². The van der Waals surface area contributed by atoms with E-state index in [9.17, 15) is 0 Å². The first-order valence-electron chi connectivity index (χ1n) is 8.69. The summed E-state index contributed by atoms with van der Waals surface area (Å²) in [6.07, 6.45) is 10.2. The van der Waals surface area contributed by atoms with Gasteiger partial charge in [0, 0.05) is 25.7 Å². The number of allylic oxidation sites excluding steroid dienone is 2. The van der Waals surface area contributed by atoms with Gasteiger partial charge in [0.2, 0.25) is 0 Å². The minimum absolute atomic E-state index is 0.566. The lowest BCUT2D eigenvalue weighted by molar-refractivity contribution is 0.177. The normalized spacial score (nSPS) is 31.8. The Bertz CT molecular complexity index is 548. The molecule has 2 nitrogen and oxygen atoms in total. The van der Waals surface area contributed by atoms with E-state index in [1.165, 1.54) is 45.3 Å². The molecule has 0 radical (unpaired) electrons. The maximum atomic E-state index is 6.24. The second kappa shape index (κ2) is 6.25. The first-order valence-corrected chi connectivity index (χ1v) is 9.07. The molecule has 3 heteroatoms. The first-order chi connectivity index (χ1) is 10.8. The summed E-state index contributed by atoms with van der Waals surface area (Å²) in [5, 5.41) is 4.45. The van der Waals surface area contributed by atoms with Gasteiger partial charge in [-0.1, -0.05) is 35.9 Å². The number of piperidine rings is 1. The molecule has 2 fully saturated rings. The van der Waals surface area contributed by atoms with Crippen LogP contribution in [0.5, 0.6) is 0 Å². The number of anilines is 1. The first kappa shape index (κ1) is 14.6. The van der Waals surface area contributed by atoms with Gasteiger partial charge in [0.25, 0.3) is 0 Å². The van der Waals surface area contributed by atoms with Gasteiger partial charge in [0.1, 0.15) is 0 Å². The third kappa shape index (κ3) is 3.04. The summed E-state index contributed by atoms with van der Waals surface area (Å²) in [6, 6.07) is 8.64. The van der Waals surface area contributed by atoms with Crippen molar-refractivity contribution in [3.05, 3.63) is 41.4 Å². The fourth-order valence-electron chi connectivity index (χ4n) is 4.49. The molecule has 2 bridgehead atoms. The van der Waals surface area contributed by atoms with Crippen LogP contribution in [0, 0.1) is 17.8 Å². The number of rotatable bonds is 4. The SMILES string of the molecule is Clc1ccccc1NC1CCN(C[C@H]2C[C@@H]3C=C[C@H]2C3)CC1. The maximum Gasteiger partial charge on any atom is 0.0637 e. The third-order valence-electron chi connectivity index (χ3n) is 5.73. The number of likely N-dealkylation sites (tertiary alicyclic amines) is 1. The number of nitrogens with one attached hydrogen (secondary N) is 1. The molecule has 1 aliphatic heterocycles. The number of fused-ring (bicyclic) bond motifs is 2. The minimum atomic E-state index is 0.566. The van der Waals surface area contributed by atoms with Crippen molar-refractivity contribution in [2.75, 3.05) is 25.0 Å². The van der Waals surface area contributed by atoms with Crippen molar-refractivity contribution in [3.63, 3.8) is 0 Å². The van der Waals surface area contributed by atoms with Crippen LogP contribution in [0.4, 0.5) is 5.69 Å². The molecule has 22 heavy (non-hydrogen) atoms. The van der Waals surface area contributed by atoms with E-state index in [4.69, 9.17) is 11.6 Å². The summed E-state index contributed by atoms with van der Waals surface area (Å²) in [4.78, 5) is 2.68. The van der Waals surface area contributed by atoms with Crippen molar-refractivity contribution < 1.29 is 0 Å². The van der Waals surface area contributed by atoms with Crippen LogP contribution in [-0.2, 0) is 0 Å². The van der Waals surface area contributed by atoms with Gasteiger partial charge in [-0.15, -0.1) is 0 Å². The summed E-state index contributed by atoms with van der Waals surface area (Å²) >= 11 is 6.24. The Morgan fingerprint density at radius 3 is 2.59 bits per heavy atom. The van der Waals surface area contributed by atoms with E-state index in [1.807, 2.05) is 18.2 Å². The third-order valence-corrected chi connectivity index (χ3v) is 6.06. The molecule has 1 aromatic carbocycles. The Labute approximate surface area is 138 Å². The van der Waals surface area contributed by atoms with Crippen molar-refractivity contribution in [2.24, 2.45) is 17.8 Å². The van der Waals surface area contributed by atoms with Crippen LogP contribution in [-0.4, -0.2) is 30.6 Å². The number of benzene rings is 1. The van der Waals surface area contributed by atoms with Crippen LogP contribution >= 0.6 is 11.6 Å². The highest BCUT2D eigenvalue weighted by atomic mass is 35.5. The molecule has 118 valence electrons. The largest absolute Gasteiger partial charge is 0.381 e. The van der Waals surface area contributed by atoms with Gasteiger partial charge in [-0.3, -0.25) is 0 Å². The van der Waals surface area contributed by atoms with Gasteiger partial charge in [-0.05, 0) is 55.6 Å². The number of para-hydroxylation sites is 1. The molecule has 0 unspecified atom stereocenters. The zero-order chi connectivity index (χ0) is 14.9. The zero-order valence-corrected chi connectivity index (χ0v) is 13.8. The molecule has 0 spiro atoms. The number of hydrogen-bond acceptors (Lipinski definition) is 2. The van der Waals surface area contributed by atoms with E-state index in [0.717, 1.165) is 28.5 Å². The predicted octanol–water partition coefficient (Wildman–Crippen LogP) is 4.43. The molecular formula is C19H25ClN2. The second-order valence-electron chi connectivity index (χ2n) is 7.24. The van der Waals surface area contributed by atoms with Gasteiger partial charge >= 0.3 is 0 Å². The van der Waals surface area contributed by atoms with Crippen LogP contribution in [0.3, 0.4) is 0 Å². The lowest BCUT2D eigenvalue weighted by Crippen LogP contribution is -2.41. The van der Waals surface area contributed by atoms with E-state index in [0.29, 0.717) is 6.04 Å².